The van der Waals surface area contributed by atoms with E-state index in [1.54, 1.807) is 17.8 Å². The number of hydrogen-bond donors (Lipinski definition) is 1. The minimum absolute atomic E-state index is 0.106. The Morgan fingerprint density at radius 2 is 2.07 bits per heavy atom. The van der Waals surface area contributed by atoms with Crippen molar-refractivity contribution in [2.24, 2.45) is 0 Å². The first-order valence-electron chi connectivity index (χ1n) is 9.93. The zero-order chi connectivity index (χ0) is 20.5. The Balaban J connectivity index is 1.58. The van der Waals surface area contributed by atoms with Gasteiger partial charge in [0, 0.05) is 43.8 Å². The summed E-state index contributed by atoms with van der Waals surface area (Å²) in [7, 11) is 0. The van der Waals surface area contributed by atoms with E-state index in [9.17, 15) is 9.90 Å². The van der Waals surface area contributed by atoms with Gasteiger partial charge in [0.1, 0.15) is 0 Å². The molecular weight excluding hydrogens is 368 g/mol. The van der Waals surface area contributed by atoms with Crippen LogP contribution >= 0.6 is 0 Å². The number of aliphatic hydroxyl groups is 1. The Morgan fingerprint density at radius 1 is 1.28 bits per heavy atom. The maximum Gasteiger partial charge on any atom is 0.276 e. The van der Waals surface area contributed by atoms with Gasteiger partial charge in [0.05, 0.1) is 23.0 Å². The fraction of sp³-hybridized carbons (Fsp3) is 0.429. The summed E-state index contributed by atoms with van der Waals surface area (Å²) in [6, 6.07) is 9.96. The molecule has 8 nitrogen and oxygen atoms in total. The normalized spacial score (nSPS) is 18.9. The SMILES string of the molecule is Cc1c(C(=O)N2CCN(C[C@@H](C)O)[C@@H](C)C2)nnn1-c1cccc2cccnc12. The van der Waals surface area contributed by atoms with Crippen molar-refractivity contribution in [2.75, 3.05) is 26.2 Å². The van der Waals surface area contributed by atoms with Crippen molar-refractivity contribution >= 4 is 16.8 Å². The van der Waals surface area contributed by atoms with Crippen LogP contribution < -0.4 is 0 Å². The van der Waals surface area contributed by atoms with Crippen LogP contribution in [0.25, 0.3) is 16.6 Å². The Kier molecular flexibility index (Phi) is 5.29. The average molecular weight is 394 g/mol. The van der Waals surface area contributed by atoms with Crippen molar-refractivity contribution in [1.82, 2.24) is 29.8 Å². The second-order valence-electron chi connectivity index (χ2n) is 7.73. The van der Waals surface area contributed by atoms with E-state index in [0.29, 0.717) is 31.0 Å². The van der Waals surface area contributed by atoms with Crippen LogP contribution in [0.15, 0.2) is 36.5 Å². The molecule has 1 amide bonds. The van der Waals surface area contributed by atoms with Crippen molar-refractivity contribution in [1.29, 1.82) is 0 Å². The number of piperazine rings is 1. The first kappa shape index (κ1) is 19.5. The predicted molar refractivity (Wildman–Crippen MR) is 110 cm³/mol. The van der Waals surface area contributed by atoms with E-state index in [2.05, 4.69) is 27.1 Å². The van der Waals surface area contributed by atoms with E-state index >= 15 is 0 Å². The highest BCUT2D eigenvalue weighted by atomic mass is 16.3. The summed E-state index contributed by atoms with van der Waals surface area (Å²) in [5.41, 5.74) is 2.70. The monoisotopic (exact) mass is 394 g/mol. The lowest BCUT2D eigenvalue weighted by molar-refractivity contribution is 0.0361. The van der Waals surface area contributed by atoms with Gasteiger partial charge in [-0.2, -0.15) is 0 Å². The van der Waals surface area contributed by atoms with Crippen LogP contribution in [0.1, 0.15) is 30.0 Å². The van der Waals surface area contributed by atoms with Crippen molar-refractivity contribution < 1.29 is 9.90 Å². The highest BCUT2D eigenvalue weighted by molar-refractivity contribution is 5.94. The van der Waals surface area contributed by atoms with Gasteiger partial charge in [0.15, 0.2) is 5.69 Å². The molecule has 0 spiro atoms. The number of rotatable bonds is 4. The second kappa shape index (κ2) is 7.88. The number of aromatic nitrogens is 4. The molecule has 1 aromatic carbocycles. The number of amides is 1. The fourth-order valence-corrected chi connectivity index (χ4v) is 3.95. The van der Waals surface area contributed by atoms with Gasteiger partial charge in [-0.1, -0.05) is 23.4 Å². The maximum absolute atomic E-state index is 13.1. The van der Waals surface area contributed by atoms with Crippen LogP contribution in [-0.2, 0) is 0 Å². The van der Waals surface area contributed by atoms with Crippen LogP contribution in [-0.4, -0.2) is 79.1 Å². The standard InChI is InChI=1S/C21H26N6O2/c1-14-12-26(11-10-25(14)13-15(2)28)21(29)19-16(3)27(24-23-19)18-8-4-6-17-7-5-9-22-20(17)18/h4-9,14-15,28H,10-13H2,1-3H3/t14-,15+/m0/s1. The summed E-state index contributed by atoms with van der Waals surface area (Å²) in [5.74, 6) is -0.106. The largest absolute Gasteiger partial charge is 0.392 e. The number of carbonyl (C=O) groups is 1. The number of pyridine rings is 1. The summed E-state index contributed by atoms with van der Waals surface area (Å²) >= 11 is 0. The van der Waals surface area contributed by atoms with Crippen LogP contribution in [0.3, 0.4) is 0 Å². The smallest absolute Gasteiger partial charge is 0.276 e. The Bertz CT molecular complexity index is 1030. The first-order chi connectivity index (χ1) is 14.0. The molecule has 0 aliphatic carbocycles. The molecule has 0 saturated carbocycles. The van der Waals surface area contributed by atoms with Crippen molar-refractivity contribution in [3.63, 3.8) is 0 Å². The summed E-state index contributed by atoms with van der Waals surface area (Å²) in [6.07, 6.45) is 1.37. The van der Waals surface area contributed by atoms with Gasteiger partial charge in [0.2, 0.25) is 0 Å². The summed E-state index contributed by atoms with van der Waals surface area (Å²) in [6.45, 7) is 8.29. The second-order valence-corrected chi connectivity index (χ2v) is 7.73. The number of nitrogens with zero attached hydrogens (tertiary/aromatic N) is 6. The van der Waals surface area contributed by atoms with E-state index in [1.165, 1.54) is 0 Å². The molecule has 152 valence electrons. The molecule has 2 atom stereocenters. The fourth-order valence-electron chi connectivity index (χ4n) is 3.95. The Morgan fingerprint density at radius 3 is 2.83 bits per heavy atom. The van der Waals surface area contributed by atoms with Gasteiger partial charge in [-0.25, -0.2) is 4.68 Å². The topological polar surface area (TPSA) is 87.4 Å². The number of aliphatic hydroxyl groups excluding tert-OH is 1. The minimum Gasteiger partial charge on any atom is -0.392 e. The maximum atomic E-state index is 13.1. The van der Waals surface area contributed by atoms with Crippen molar-refractivity contribution in [3.05, 3.63) is 47.9 Å². The molecule has 2 aromatic heterocycles. The molecule has 8 heteroatoms. The number of hydrogen-bond acceptors (Lipinski definition) is 6. The zero-order valence-corrected chi connectivity index (χ0v) is 17.0. The molecule has 29 heavy (non-hydrogen) atoms. The molecule has 1 aliphatic rings. The number of carbonyl (C=O) groups excluding carboxylic acids is 1. The van der Waals surface area contributed by atoms with Crippen LogP contribution in [0, 0.1) is 6.92 Å². The third kappa shape index (κ3) is 3.73. The van der Waals surface area contributed by atoms with Gasteiger partial charge < -0.3 is 10.0 Å². The summed E-state index contributed by atoms with van der Waals surface area (Å²) < 4.78 is 1.69. The molecule has 1 aliphatic heterocycles. The molecule has 1 saturated heterocycles. The zero-order valence-electron chi connectivity index (χ0n) is 17.0. The molecular formula is C21H26N6O2. The van der Waals surface area contributed by atoms with E-state index < -0.39 is 0 Å². The van der Waals surface area contributed by atoms with Crippen molar-refractivity contribution in [3.8, 4) is 5.69 Å². The van der Waals surface area contributed by atoms with Crippen molar-refractivity contribution in [2.45, 2.75) is 32.9 Å². The Hall–Kier alpha value is -2.84. The molecule has 0 radical (unpaired) electrons. The lowest BCUT2D eigenvalue weighted by Crippen LogP contribution is -2.55. The third-order valence-electron chi connectivity index (χ3n) is 5.49. The van der Waals surface area contributed by atoms with Gasteiger partial charge in [0.25, 0.3) is 5.91 Å². The number of β-amino-alcohol motifs (C(OH)–C–C–N with tert-alkyl or cyclic N) is 1. The summed E-state index contributed by atoms with van der Waals surface area (Å²) in [4.78, 5) is 21.6. The van der Waals surface area contributed by atoms with Gasteiger partial charge >= 0.3 is 0 Å². The highest BCUT2D eigenvalue weighted by Crippen LogP contribution is 2.22. The van der Waals surface area contributed by atoms with Crippen LogP contribution in [0.2, 0.25) is 0 Å². The lowest BCUT2D eigenvalue weighted by Gasteiger charge is -2.40. The lowest BCUT2D eigenvalue weighted by atomic mass is 10.1. The number of benzene rings is 1. The van der Waals surface area contributed by atoms with E-state index in [4.69, 9.17) is 0 Å². The van der Waals surface area contributed by atoms with Gasteiger partial charge in [-0.05, 0) is 32.9 Å². The highest BCUT2D eigenvalue weighted by Gasteiger charge is 2.30. The summed E-state index contributed by atoms with van der Waals surface area (Å²) in [5, 5.41) is 19.1. The predicted octanol–water partition coefficient (Wildman–Crippen LogP) is 1.65. The molecule has 0 bridgehead atoms. The van der Waals surface area contributed by atoms with E-state index in [0.717, 1.165) is 23.1 Å². The molecule has 1 fully saturated rings. The van der Waals surface area contributed by atoms with Gasteiger partial charge in [-0.15, -0.1) is 5.10 Å². The third-order valence-corrected chi connectivity index (χ3v) is 5.49. The number of para-hydroxylation sites is 1. The quantitative estimate of drug-likeness (QED) is 0.724. The van der Waals surface area contributed by atoms with E-state index in [-0.39, 0.29) is 18.1 Å². The van der Waals surface area contributed by atoms with E-state index in [1.807, 2.05) is 42.2 Å². The molecule has 3 aromatic rings. The molecule has 1 N–H and O–H groups in total. The first-order valence-corrected chi connectivity index (χ1v) is 9.93. The molecule has 0 unspecified atom stereocenters. The Labute approximate surface area is 169 Å². The van der Waals surface area contributed by atoms with Crippen LogP contribution in [0.4, 0.5) is 0 Å². The molecule has 3 heterocycles. The average Bonchev–Trinajstić information content (AvgIpc) is 3.09. The van der Waals surface area contributed by atoms with Gasteiger partial charge in [-0.3, -0.25) is 14.7 Å². The number of fused-ring (bicyclic) bond motifs is 1. The molecule has 4 rings (SSSR count). The van der Waals surface area contributed by atoms with Crippen LogP contribution in [0.5, 0.6) is 0 Å². The minimum atomic E-state index is -0.379.